The van der Waals surface area contributed by atoms with Crippen LogP contribution in [0.5, 0.6) is 5.88 Å². The number of nitrogens with zero attached hydrogens (tertiary/aromatic N) is 5. The SMILES string of the molecule is CCC(C)N=C(c1cccc(F)c1)c1cnc(OC2CCN(c3nc4ccccc4n3C(C)F)CC2)cc1C. The van der Waals surface area contributed by atoms with Gasteiger partial charge in [-0.1, -0.05) is 31.2 Å². The Hall–Kier alpha value is -3.81. The van der Waals surface area contributed by atoms with Gasteiger partial charge in [0, 0.05) is 55.4 Å². The van der Waals surface area contributed by atoms with Gasteiger partial charge in [-0.05, 0) is 57.0 Å². The minimum atomic E-state index is -1.17. The molecule has 0 aliphatic carbocycles. The van der Waals surface area contributed by atoms with Crippen LogP contribution in [0, 0.1) is 12.7 Å². The van der Waals surface area contributed by atoms with Crippen LogP contribution in [0.1, 0.15) is 63.0 Å². The van der Waals surface area contributed by atoms with E-state index in [-0.39, 0.29) is 18.0 Å². The number of halogens is 2. The first-order chi connectivity index (χ1) is 18.8. The monoisotopic (exact) mass is 531 g/mol. The van der Waals surface area contributed by atoms with Gasteiger partial charge in [-0.15, -0.1) is 0 Å². The number of alkyl halides is 1. The maximum atomic E-state index is 14.6. The molecule has 5 rings (SSSR count). The van der Waals surface area contributed by atoms with Crippen molar-refractivity contribution in [2.45, 2.75) is 65.4 Å². The van der Waals surface area contributed by atoms with E-state index in [2.05, 4.69) is 23.7 Å². The summed E-state index contributed by atoms with van der Waals surface area (Å²) in [5.74, 6) is 0.924. The maximum absolute atomic E-state index is 14.6. The van der Waals surface area contributed by atoms with Gasteiger partial charge in [-0.25, -0.2) is 18.7 Å². The third-order valence-electron chi connectivity index (χ3n) is 7.32. The molecule has 0 amide bonds. The predicted octanol–water partition coefficient (Wildman–Crippen LogP) is 7.05. The second-order valence-electron chi connectivity index (χ2n) is 10.2. The lowest BCUT2D eigenvalue weighted by atomic mass is 9.99. The Morgan fingerprint density at radius 3 is 2.56 bits per heavy atom. The molecule has 1 fully saturated rings. The first kappa shape index (κ1) is 26.8. The largest absolute Gasteiger partial charge is 0.474 e. The molecule has 2 atom stereocenters. The van der Waals surface area contributed by atoms with Crippen molar-refractivity contribution in [1.29, 1.82) is 0 Å². The molecule has 1 aliphatic rings. The van der Waals surface area contributed by atoms with Gasteiger partial charge in [0.1, 0.15) is 11.9 Å². The van der Waals surface area contributed by atoms with Crippen molar-refractivity contribution in [2.24, 2.45) is 4.99 Å². The first-order valence-electron chi connectivity index (χ1n) is 13.7. The Labute approximate surface area is 228 Å². The smallest absolute Gasteiger partial charge is 0.213 e. The molecular weight excluding hydrogens is 496 g/mol. The molecule has 0 spiro atoms. The van der Waals surface area contributed by atoms with E-state index in [1.807, 2.05) is 43.3 Å². The molecule has 8 heteroatoms. The van der Waals surface area contributed by atoms with Crippen molar-refractivity contribution < 1.29 is 13.5 Å². The van der Waals surface area contributed by atoms with Crippen LogP contribution < -0.4 is 9.64 Å². The van der Waals surface area contributed by atoms with Crippen LogP contribution in [-0.2, 0) is 0 Å². The van der Waals surface area contributed by atoms with Crippen molar-refractivity contribution in [3.63, 3.8) is 0 Å². The van der Waals surface area contributed by atoms with E-state index in [1.54, 1.807) is 23.8 Å². The van der Waals surface area contributed by atoms with Gasteiger partial charge in [-0.2, -0.15) is 0 Å². The van der Waals surface area contributed by atoms with E-state index in [9.17, 15) is 8.78 Å². The second-order valence-corrected chi connectivity index (χ2v) is 10.2. The van der Waals surface area contributed by atoms with Gasteiger partial charge < -0.3 is 9.64 Å². The normalized spacial score (nSPS) is 16.5. The summed E-state index contributed by atoms with van der Waals surface area (Å²) in [7, 11) is 0. The number of benzene rings is 2. The molecule has 0 bridgehead atoms. The summed E-state index contributed by atoms with van der Waals surface area (Å²) in [6, 6.07) is 16.2. The molecule has 2 aromatic heterocycles. The van der Waals surface area contributed by atoms with Crippen LogP contribution in [0.15, 0.2) is 65.8 Å². The molecule has 1 saturated heterocycles. The average molecular weight is 532 g/mol. The molecule has 2 unspecified atom stereocenters. The minimum Gasteiger partial charge on any atom is -0.474 e. The van der Waals surface area contributed by atoms with Crippen LogP contribution in [0.2, 0.25) is 0 Å². The third-order valence-corrected chi connectivity index (χ3v) is 7.32. The molecular formula is C31H35F2N5O. The molecule has 1 aliphatic heterocycles. The number of anilines is 1. The predicted molar refractivity (Wildman–Crippen MR) is 152 cm³/mol. The summed E-state index contributed by atoms with van der Waals surface area (Å²) >= 11 is 0. The number of rotatable bonds is 8. The number of para-hydroxylation sites is 2. The number of imidazole rings is 1. The zero-order valence-corrected chi connectivity index (χ0v) is 22.9. The molecule has 6 nitrogen and oxygen atoms in total. The fourth-order valence-electron chi connectivity index (χ4n) is 5.04. The fourth-order valence-corrected chi connectivity index (χ4v) is 5.04. The molecule has 3 heterocycles. The van der Waals surface area contributed by atoms with Crippen LogP contribution in [0.4, 0.5) is 14.7 Å². The summed E-state index contributed by atoms with van der Waals surface area (Å²) in [5, 5.41) is 0. The van der Waals surface area contributed by atoms with E-state index >= 15 is 0 Å². The van der Waals surface area contributed by atoms with Crippen molar-refractivity contribution in [1.82, 2.24) is 14.5 Å². The van der Waals surface area contributed by atoms with Gasteiger partial charge in [0.2, 0.25) is 11.8 Å². The zero-order valence-electron chi connectivity index (χ0n) is 22.9. The van der Waals surface area contributed by atoms with Crippen molar-refractivity contribution in [3.05, 3.63) is 83.3 Å². The second kappa shape index (κ2) is 11.5. The average Bonchev–Trinajstić information content (AvgIpc) is 3.32. The van der Waals surface area contributed by atoms with E-state index in [1.165, 1.54) is 12.1 Å². The number of aryl methyl sites for hydroxylation is 1. The molecule has 4 aromatic rings. The number of aromatic nitrogens is 3. The summed E-state index contributed by atoms with van der Waals surface area (Å²) in [6.45, 7) is 9.10. The summed E-state index contributed by atoms with van der Waals surface area (Å²) in [4.78, 5) is 16.3. The van der Waals surface area contributed by atoms with Gasteiger partial charge in [-0.3, -0.25) is 9.56 Å². The van der Waals surface area contributed by atoms with Crippen LogP contribution in [0.3, 0.4) is 0 Å². The first-order valence-corrected chi connectivity index (χ1v) is 13.7. The van der Waals surface area contributed by atoms with Crippen molar-refractivity contribution >= 4 is 22.7 Å². The van der Waals surface area contributed by atoms with Crippen LogP contribution in [0.25, 0.3) is 11.0 Å². The number of pyridine rings is 1. The topological polar surface area (TPSA) is 55.5 Å². The lowest BCUT2D eigenvalue weighted by Crippen LogP contribution is -2.39. The summed E-state index contributed by atoms with van der Waals surface area (Å²) in [5.41, 5.74) is 4.89. The Morgan fingerprint density at radius 2 is 1.87 bits per heavy atom. The number of fused-ring (bicyclic) bond motifs is 1. The zero-order chi connectivity index (χ0) is 27.5. The van der Waals surface area contributed by atoms with E-state index in [4.69, 9.17) is 14.7 Å². The van der Waals surface area contributed by atoms with E-state index < -0.39 is 6.30 Å². The number of hydrogen-bond donors (Lipinski definition) is 0. The van der Waals surface area contributed by atoms with Crippen LogP contribution in [-0.4, -0.2) is 45.5 Å². The minimum absolute atomic E-state index is 0.00361. The van der Waals surface area contributed by atoms with Crippen molar-refractivity contribution in [3.8, 4) is 5.88 Å². The highest BCUT2D eigenvalue weighted by Crippen LogP contribution is 2.30. The lowest BCUT2D eigenvalue weighted by Gasteiger charge is -2.33. The molecule has 2 aromatic carbocycles. The van der Waals surface area contributed by atoms with E-state index in [0.29, 0.717) is 24.9 Å². The Bertz CT molecular complexity index is 1470. The van der Waals surface area contributed by atoms with Gasteiger partial charge in [0.15, 0.2) is 6.30 Å². The summed E-state index contributed by atoms with van der Waals surface area (Å²) in [6.07, 6.45) is 3.03. The Morgan fingerprint density at radius 1 is 1.10 bits per heavy atom. The molecule has 39 heavy (non-hydrogen) atoms. The number of hydrogen-bond acceptors (Lipinski definition) is 5. The highest BCUT2D eigenvalue weighted by molar-refractivity contribution is 6.13. The van der Waals surface area contributed by atoms with Crippen LogP contribution >= 0.6 is 0 Å². The molecule has 0 saturated carbocycles. The Balaban J connectivity index is 1.30. The lowest BCUT2D eigenvalue weighted by molar-refractivity contribution is 0.162. The fraction of sp³-hybridized carbons (Fsp3) is 0.387. The molecule has 0 N–H and O–H groups in total. The van der Waals surface area contributed by atoms with Crippen molar-refractivity contribution in [2.75, 3.05) is 18.0 Å². The van der Waals surface area contributed by atoms with Gasteiger partial charge in [0.05, 0.1) is 16.7 Å². The van der Waals surface area contributed by atoms with E-state index in [0.717, 1.165) is 52.7 Å². The Kier molecular flexibility index (Phi) is 7.91. The maximum Gasteiger partial charge on any atom is 0.213 e. The highest BCUT2D eigenvalue weighted by Gasteiger charge is 2.26. The molecule has 204 valence electrons. The molecule has 0 radical (unpaired) electrons. The number of aliphatic imine (C=N–C) groups is 1. The third kappa shape index (κ3) is 5.79. The highest BCUT2D eigenvalue weighted by atomic mass is 19.1. The standard InChI is InChI=1S/C31H35F2N5O/c1-5-21(3)35-30(23-9-8-10-24(33)18-23)26-19-34-29(17-20(26)2)39-25-13-15-37(16-14-25)31-36-27-11-6-7-12-28(27)38(31)22(4)32/h6-12,17-19,21-22,25H,5,13-16H2,1-4H3. The summed E-state index contributed by atoms with van der Waals surface area (Å²) < 4.78 is 36.5. The van der Waals surface area contributed by atoms with Gasteiger partial charge in [0.25, 0.3) is 0 Å². The quantitative estimate of drug-likeness (QED) is 0.229. The number of piperidine rings is 1. The van der Waals surface area contributed by atoms with Gasteiger partial charge >= 0.3 is 0 Å². The number of ether oxygens (including phenoxy) is 1.